The second kappa shape index (κ2) is 17.3. The van der Waals surface area contributed by atoms with E-state index < -0.39 is 23.9 Å². The minimum absolute atomic E-state index is 0.509. The number of rotatable bonds is 10. The van der Waals surface area contributed by atoms with E-state index in [1.54, 1.807) is 0 Å². The number of hydrogen-bond acceptors (Lipinski definition) is 8. The van der Waals surface area contributed by atoms with E-state index in [0.717, 1.165) is 44.3 Å². The lowest BCUT2D eigenvalue weighted by molar-refractivity contribution is -0.134. The minimum atomic E-state index is -1.26. The molecule has 1 aromatic carbocycles. The molecule has 13 heteroatoms. The van der Waals surface area contributed by atoms with E-state index in [1.165, 1.54) is 23.9 Å². The Balaban J connectivity index is 0.000000393. The van der Waals surface area contributed by atoms with Gasteiger partial charge in [-0.3, -0.25) is 0 Å². The van der Waals surface area contributed by atoms with Gasteiger partial charge in [0.25, 0.3) is 0 Å². The van der Waals surface area contributed by atoms with Gasteiger partial charge in [-0.1, -0.05) is 6.07 Å². The van der Waals surface area contributed by atoms with Gasteiger partial charge >= 0.3 is 23.9 Å². The zero-order chi connectivity index (χ0) is 29.4. The number of nitrogens with zero attached hydrogens (tertiary/aromatic N) is 3. The van der Waals surface area contributed by atoms with Gasteiger partial charge < -0.3 is 39.9 Å². The van der Waals surface area contributed by atoms with Gasteiger partial charge in [-0.05, 0) is 64.5 Å². The summed E-state index contributed by atoms with van der Waals surface area (Å²) in [4.78, 5) is 45.5. The molecule has 1 aliphatic heterocycles. The normalized spacial score (nSPS) is 13.9. The highest BCUT2D eigenvalue weighted by atomic mass is 16.5. The van der Waals surface area contributed by atoms with Crippen LogP contribution in [0.25, 0.3) is 11.0 Å². The number of carbonyl (C=O) groups is 4. The molecular weight excluding hydrogens is 512 g/mol. The fourth-order valence-electron chi connectivity index (χ4n) is 3.50. The Morgan fingerprint density at radius 3 is 1.95 bits per heavy atom. The number of ether oxygens (including phenoxy) is 1. The van der Waals surface area contributed by atoms with E-state index in [0.29, 0.717) is 30.3 Å². The smallest absolute Gasteiger partial charge is 0.328 e. The Hall–Kier alpha value is -4.23. The molecule has 214 valence electrons. The Labute approximate surface area is 226 Å². The fourth-order valence-corrected chi connectivity index (χ4v) is 3.50. The summed E-state index contributed by atoms with van der Waals surface area (Å²) >= 11 is 0. The van der Waals surface area contributed by atoms with E-state index in [9.17, 15) is 19.2 Å². The maximum absolute atomic E-state index is 9.55. The van der Waals surface area contributed by atoms with Crippen LogP contribution in [0.1, 0.15) is 25.3 Å². The number of piperidine rings is 1. The van der Waals surface area contributed by atoms with E-state index in [1.807, 2.05) is 6.92 Å². The van der Waals surface area contributed by atoms with Crippen molar-refractivity contribution in [3.63, 3.8) is 0 Å². The van der Waals surface area contributed by atoms with Gasteiger partial charge in [0.1, 0.15) is 0 Å². The molecule has 5 N–H and O–H groups in total. The van der Waals surface area contributed by atoms with E-state index in [-0.39, 0.29) is 0 Å². The lowest BCUT2D eigenvalue weighted by Crippen LogP contribution is -2.37. The van der Waals surface area contributed by atoms with Gasteiger partial charge in [0, 0.05) is 43.5 Å². The molecule has 2 heterocycles. The lowest BCUT2D eigenvalue weighted by Gasteiger charge is -2.29. The van der Waals surface area contributed by atoms with Crippen molar-refractivity contribution in [1.82, 2.24) is 14.5 Å². The first kappa shape index (κ1) is 32.8. The van der Waals surface area contributed by atoms with Crippen molar-refractivity contribution in [3.05, 3.63) is 48.1 Å². The number of fused-ring (bicyclic) bond motifs is 1. The Morgan fingerprint density at radius 2 is 1.49 bits per heavy atom. The van der Waals surface area contributed by atoms with Crippen molar-refractivity contribution < 1.29 is 44.3 Å². The number of nitrogens with one attached hydrogen (secondary N) is 1. The van der Waals surface area contributed by atoms with Gasteiger partial charge in [-0.25, -0.2) is 24.2 Å². The van der Waals surface area contributed by atoms with Crippen LogP contribution in [-0.4, -0.2) is 98.1 Å². The number of anilines is 1. The predicted octanol–water partition coefficient (Wildman–Crippen LogP) is 2.31. The summed E-state index contributed by atoms with van der Waals surface area (Å²) < 4.78 is 7.82. The maximum atomic E-state index is 9.55. The molecule has 0 unspecified atom stereocenters. The largest absolute Gasteiger partial charge is 0.478 e. The van der Waals surface area contributed by atoms with Crippen LogP contribution in [-0.2, 0) is 30.5 Å². The van der Waals surface area contributed by atoms with Crippen molar-refractivity contribution in [3.8, 4) is 0 Å². The molecule has 0 bridgehead atoms. The monoisotopic (exact) mass is 548 g/mol. The number of likely N-dealkylation sites (tertiary alicyclic amines) is 1. The average Bonchev–Trinajstić information content (AvgIpc) is 3.19. The molecule has 0 aliphatic carbocycles. The summed E-state index contributed by atoms with van der Waals surface area (Å²) in [7, 11) is 2.19. The SMILES string of the molecule is CCOCCn1c(NC2CCN(C)CC2)nc2cc(C)ccc21.O=C(O)C=CC(=O)O.O=C(O)C=CC(=O)O. The summed E-state index contributed by atoms with van der Waals surface area (Å²) in [6, 6.07) is 6.99. The van der Waals surface area contributed by atoms with Crippen LogP contribution in [0.15, 0.2) is 42.5 Å². The fraction of sp³-hybridized carbons (Fsp3) is 0.423. The van der Waals surface area contributed by atoms with E-state index in [2.05, 4.69) is 47.0 Å². The van der Waals surface area contributed by atoms with Gasteiger partial charge in [0.15, 0.2) is 0 Å². The van der Waals surface area contributed by atoms with Gasteiger partial charge in [-0.15, -0.1) is 0 Å². The number of aromatic nitrogens is 2. The molecule has 2 aromatic rings. The highest BCUT2D eigenvalue weighted by Gasteiger charge is 2.19. The van der Waals surface area contributed by atoms with E-state index >= 15 is 0 Å². The first-order valence-corrected chi connectivity index (χ1v) is 12.2. The van der Waals surface area contributed by atoms with Crippen LogP contribution < -0.4 is 5.32 Å². The third-order valence-corrected chi connectivity index (χ3v) is 5.36. The molecule has 0 amide bonds. The molecule has 0 saturated carbocycles. The predicted molar refractivity (Wildman–Crippen MR) is 144 cm³/mol. The van der Waals surface area contributed by atoms with Crippen LogP contribution in [0.2, 0.25) is 0 Å². The maximum Gasteiger partial charge on any atom is 0.328 e. The number of aliphatic carboxylic acids is 4. The van der Waals surface area contributed by atoms with E-state index in [4.69, 9.17) is 30.1 Å². The quantitative estimate of drug-likeness (QED) is 0.215. The summed E-state index contributed by atoms with van der Waals surface area (Å²) in [5.41, 5.74) is 3.50. The van der Waals surface area contributed by atoms with Crippen LogP contribution in [0, 0.1) is 6.92 Å². The zero-order valence-electron chi connectivity index (χ0n) is 22.2. The summed E-state index contributed by atoms with van der Waals surface area (Å²) in [5.74, 6) is -4.04. The topological polar surface area (TPSA) is 192 Å². The first-order chi connectivity index (χ1) is 18.4. The molecule has 1 saturated heterocycles. The molecule has 39 heavy (non-hydrogen) atoms. The Morgan fingerprint density at radius 1 is 0.974 bits per heavy atom. The third kappa shape index (κ3) is 13.8. The standard InChI is InChI=1S/C18H28N4O.2C4H4O4/c1-4-23-12-11-22-17-6-5-14(2)13-16(17)20-18(22)19-15-7-9-21(3)10-8-15;2*5-3(6)1-2-4(7)8/h5-6,13,15H,4,7-12H2,1-3H3,(H,19,20);2*1-2H,(H,5,6)(H,7,8). The summed E-state index contributed by atoms with van der Waals surface area (Å²) in [6.07, 6.45) is 4.57. The van der Waals surface area contributed by atoms with Crippen molar-refractivity contribution in [2.45, 2.75) is 39.3 Å². The minimum Gasteiger partial charge on any atom is -0.478 e. The first-order valence-electron chi connectivity index (χ1n) is 12.2. The highest BCUT2D eigenvalue weighted by molar-refractivity contribution is 5.90. The Bertz CT molecular complexity index is 1100. The van der Waals surface area contributed by atoms with Crippen molar-refractivity contribution in [1.29, 1.82) is 0 Å². The molecule has 1 aromatic heterocycles. The molecule has 0 radical (unpaired) electrons. The summed E-state index contributed by atoms with van der Waals surface area (Å²) in [5, 5.41) is 34.9. The number of carboxylic acids is 4. The average molecular weight is 549 g/mol. The summed E-state index contributed by atoms with van der Waals surface area (Å²) in [6.45, 7) is 8.76. The Kier molecular flexibility index (Phi) is 14.6. The number of aryl methyl sites for hydroxylation is 1. The third-order valence-electron chi connectivity index (χ3n) is 5.36. The van der Waals surface area contributed by atoms with Gasteiger partial charge in [0.2, 0.25) is 5.95 Å². The van der Waals surface area contributed by atoms with Gasteiger partial charge in [0.05, 0.1) is 17.6 Å². The van der Waals surface area contributed by atoms with Crippen molar-refractivity contribution >= 4 is 40.9 Å². The van der Waals surface area contributed by atoms with Crippen LogP contribution >= 0.6 is 0 Å². The second-order valence-corrected chi connectivity index (χ2v) is 8.52. The number of carboxylic acid groups (broad SMARTS) is 4. The highest BCUT2D eigenvalue weighted by Crippen LogP contribution is 2.23. The van der Waals surface area contributed by atoms with Crippen molar-refractivity contribution in [2.75, 3.05) is 38.7 Å². The molecule has 0 spiro atoms. The van der Waals surface area contributed by atoms with Crippen LogP contribution in [0.3, 0.4) is 0 Å². The molecule has 3 rings (SSSR count). The van der Waals surface area contributed by atoms with Crippen molar-refractivity contribution in [2.24, 2.45) is 0 Å². The number of imidazole rings is 1. The molecule has 1 fully saturated rings. The van der Waals surface area contributed by atoms with Crippen LogP contribution in [0.4, 0.5) is 5.95 Å². The molecule has 0 atom stereocenters. The molecular formula is C26H36N4O9. The second-order valence-electron chi connectivity index (χ2n) is 8.52. The molecule has 1 aliphatic rings. The molecule has 13 nitrogen and oxygen atoms in total. The van der Waals surface area contributed by atoms with Gasteiger partial charge in [-0.2, -0.15) is 0 Å². The zero-order valence-corrected chi connectivity index (χ0v) is 22.2. The number of benzene rings is 1. The van der Waals surface area contributed by atoms with Crippen LogP contribution in [0.5, 0.6) is 0 Å². The lowest BCUT2D eigenvalue weighted by atomic mass is 10.1. The number of hydrogen-bond donors (Lipinski definition) is 5.